The van der Waals surface area contributed by atoms with E-state index < -0.39 is 21.5 Å². The average Bonchev–Trinajstić information content (AvgIpc) is 2.30. The number of sulfone groups is 1. The molecule has 19 heavy (non-hydrogen) atoms. The number of nitrogen functional groups attached to an aromatic ring is 1. The summed E-state index contributed by atoms with van der Waals surface area (Å²) in [6, 6.07) is 4.63. The number of carbonyl (C=O) groups excluding carboxylic acids is 1. The van der Waals surface area contributed by atoms with E-state index in [0.717, 1.165) is 0 Å². The van der Waals surface area contributed by atoms with Gasteiger partial charge in [-0.05, 0) is 38.5 Å². The Morgan fingerprint density at radius 1 is 1.37 bits per heavy atom. The molecule has 6 heteroatoms. The minimum absolute atomic E-state index is 0.0374. The molecule has 1 aromatic rings. The van der Waals surface area contributed by atoms with Gasteiger partial charge in [-0.25, -0.2) is 8.42 Å². The standard InChI is InChI=1S/C13H20N2O3S/c1-9(2)15(4)13(16)8-19(17,18)12-7-11(14)6-5-10(12)3/h5-7,9H,8,14H2,1-4H3. The maximum absolute atomic E-state index is 12.2. The Bertz CT molecular complexity index is 580. The molecular formula is C13H20N2O3S. The minimum Gasteiger partial charge on any atom is -0.399 e. The number of hydrogen-bond acceptors (Lipinski definition) is 4. The summed E-state index contributed by atoms with van der Waals surface area (Å²) in [5.41, 5.74) is 6.56. The van der Waals surface area contributed by atoms with Crippen molar-refractivity contribution in [3.05, 3.63) is 23.8 Å². The SMILES string of the molecule is Cc1ccc(N)cc1S(=O)(=O)CC(=O)N(C)C(C)C. The Morgan fingerprint density at radius 2 is 1.95 bits per heavy atom. The molecule has 0 fully saturated rings. The Kier molecular flexibility index (Phi) is 4.57. The monoisotopic (exact) mass is 284 g/mol. The van der Waals surface area contributed by atoms with Crippen LogP contribution in [0.5, 0.6) is 0 Å². The lowest BCUT2D eigenvalue weighted by atomic mass is 10.2. The zero-order valence-corrected chi connectivity index (χ0v) is 12.5. The van der Waals surface area contributed by atoms with Crippen LogP contribution in [0.3, 0.4) is 0 Å². The number of anilines is 1. The third-order valence-electron chi connectivity index (χ3n) is 3.03. The van der Waals surface area contributed by atoms with Crippen LogP contribution in [0.4, 0.5) is 5.69 Å². The normalized spacial score (nSPS) is 11.6. The molecule has 0 saturated carbocycles. The number of benzene rings is 1. The first-order valence-electron chi connectivity index (χ1n) is 5.99. The van der Waals surface area contributed by atoms with Crippen LogP contribution < -0.4 is 5.73 Å². The predicted molar refractivity (Wildman–Crippen MR) is 75.6 cm³/mol. The van der Waals surface area contributed by atoms with E-state index in [2.05, 4.69) is 0 Å². The van der Waals surface area contributed by atoms with E-state index in [0.29, 0.717) is 11.3 Å². The third kappa shape index (κ3) is 3.70. The molecule has 0 spiro atoms. The van der Waals surface area contributed by atoms with Gasteiger partial charge in [-0.2, -0.15) is 0 Å². The number of hydrogen-bond donors (Lipinski definition) is 1. The zero-order valence-electron chi connectivity index (χ0n) is 11.7. The van der Waals surface area contributed by atoms with Gasteiger partial charge in [-0.3, -0.25) is 4.79 Å². The molecule has 0 unspecified atom stereocenters. The van der Waals surface area contributed by atoms with Crippen LogP contribution in [0.15, 0.2) is 23.1 Å². The highest BCUT2D eigenvalue weighted by molar-refractivity contribution is 7.92. The van der Waals surface area contributed by atoms with Crippen molar-refractivity contribution in [2.75, 3.05) is 18.5 Å². The Balaban J connectivity index is 3.06. The van der Waals surface area contributed by atoms with Crippen molar-refractivity contribution in [2.45, 2.75) is 31.7 Å². The van der Waals surface area contributed by atoms with E-state index in [4.69, 9.17) is 5.73 Å². The van der Waals surface area contributed by atoms with Gasteiger partial charge in [0.15, 0.2) is 9.84 Å². The molecule has 2 N–H and O–H groups in total. The van der Waals surface area contributed by atoms with Gasteiger partial charge < -0.3 is 10.6 Å². The van der Waals surface area contributed by atoms with Crippen molar-refractivity contribution >= 4 is 21.4 Å². The highest BCUT2D eigenvalue weighted by Crippen LogP contribution is 2.20. The Morgan fingerprint density at radius 3 is 2.47 bits per heavy atom. The third-order valence-corrected chi connectivity index (χ3v) is 4.77. The van der Waals surface area contributed by atoms with Crippen LogP contribution in [-0.2, 0) is 14.6 Å². The van der Waals surface area contributed by atoms with Crippen molar-refractivity contribution in [2.24, 2.45) is 0 Å². The first-order valence-corrected chi connectivity index (χ1v) is 7.65. The number of amides is 1. The molecule has 5 nitrogen and oxygen atoms in total. The van der Waals surface area contributed by atoms with Crippen LogP contribution in [-0.4, -0.2) is 38.1 Å². The highest BCUT2D eigenvalue weighted by Gasteiger charge is 2.24. The summed E-state index contributed by atoms with van der Waals surface area (Å²) in [5, 5.41) is 0. The first kappa shape index (κ1) is 15.5. The number of nitrogens with two attached hydrogens (primary N) is 1. The van der Waals surface area contributed by atoms with Gasteiger partial charge in [-0.1, -0.05) is 6.07 Å². The van der Waals surface area contributed by atoms with Crippen molar-refractivity contribution in [3.8, 4) is 0 Å². The summed E-state index contributed by atoms with van der Waals surface area (Å²) >= 11 is 0. The summed E-state index contributed by atoms with van der Waals surface area (Å²) in [6.45, 7) is 5.34. The van der Waals surface area contributed by atoms with Crippen LogP contribution in [0.2, 0.25) is 0 Å². The molecule has 0 aliphatic rings. The van der Waals surface area contributed by atoms with Gasteiger partial charge in [0.05, 0.1) is 4.90 Å². The summed E-state index contributed by atoms with van der Waals surface area (Å²) < 4.78 is 24.5. The second-order valence-corrected chi connectivity index (χ2v) is 6.84. The van der Waals surface area contributed by atoms with E-state index in [1.807, 2.05) is 13.8 Å². The highest BCUT2D eigenvalue weighted by atomic mass is 32.2. The molecule has 0 radical (unpaired) electrons. The molecular weight excluding hydrogens is 264 g/mol. The Labute approximate surface area is 114 Å². The molecule has 0 aliphatic carbocycles. The van der Waals surface area contributed by atoms with Gasteiger partial charge in [0.1, 0.15) is 5.75 Å². The molecule has 1 amide bonds. The van der Waals surface area contributed by atoms with Crippen LogP contribution in [0.25, 0.3) is 0 Å². The van der Waals surface area contributed by atoms with Gasteiger partial charge in [-0.15, -0.1) is 0 Å². The lowest BCUT2D eigenvalue weighted by molar-refractivity contribution is -0.128. The fourth-order valence-corrected chi connectivity index (χ4v) is 3.14. The van der Waals surface area contributed by atoms with Crippen LogP contribution in [0, 0.1) is 6.92 Å². The van der Waals surface area contributed by atoms with Gasteiger partial charge in [0.25, 0.3) is 0 Å². The molecule has 1 rings (SSSR count). The van der Waals surface area contributed by atoms with E-state index >= 15 is 0 Å². The Hall–Kier alpha value is -1.56. The van der Waals surface area contributed by atoms with Crippen molar-refractivity contribution in [3.63, 3.8) is 0 Å². The summed E-state index contributed by atoms with van der Waals surface area (Å²) in [7, 11) is -2.07. The molecule has 1 aromatic carbocycles. The van der Waals surface area contributed by atoms with E-state index in [9.17, 15) is 13.2 Å². The second kappa shape index (κ2) is 5.61. The molecule has 0 bridgehead atoms. The molecule has 0 atom stereocenters. The van der Waals surface area contributed by atoms with Crippen LogP contribution in [0.1, 0.15) is 19.4 Å². The van der Waals surface area contributed by atoms with Gasteiger partial charge >= 0.3 is 0 Å². The minimum atomic E-state index is -3.66. The van der Waals surface area contributed by atoms with Crippen molar-refractivity contribution in [1.29, 1.82) is 0 Å². The first-order chi connectivity index (χ1) is 8.65. The summed E-state index contributed by atoms with van der Waals surface area (Å²) in [6.07, 6.45) is 0. The van der Waals surface area contributed by atoms with Crippen LogP contribution >= 0.6 is 0 Å². The number of nitrogens with zero attached hydrogens (tertiary/aromatic N) is 1. The average molecular weight is 284 g/mol. The fraction of sp³-hybridized carbons (Fsp3) is 0.462. The smallest absolute Gasteiger partial charge is 0.238 e. The zero-order chi connectivity index (χ0) is 14.8. The number of carbonyl (C=O) groups is 1. The largest absolute Gasteiger partial charge is 0.399 e. The van der Waals surface area contributed by atoms with Gasteiger partial charge in [0.2, 0.25) is 5.91 Å². The predicted octanol–water partition coefficient (Wildman–Crippen LogP) is 1.22. The second-order valence-electron chi connectivity index (χ2n) is 4.88. The van der Waals surface area contributed by atoms with E-state index in [-0.39, 0.29) is 10.9 Å². The van der Waals surface area contributed by atoms with Gasteiger partial charge in [0, 0.05) is 18.8 Å². The number of rotatable bonds is 4. The lowest BCUT2D eigenvalue weighted by Gasteiger charge is -2.21. The summed E-state index contributed by atoms with van der Waals surface area (Å²) in [4.78, 5) is 13.4. The number of aryl methyl sites for hydroxylation is 1. The van der Waals surface area contributed by atoms with E-state index in [1.54, 1.807) is 26.1 Å². The molecule has 0 saturated heterocycles. The van der Waals surface area contributed by atoms with Crippen molar-refractivity contribution < 1.29 is 13.2 Å². The molecule has 0 aliphatic heterocycles. The molecule has 0 heterocycles. The maximum atomic E-state index is 12.2. The fourth-order valence-electron chi connectivity index (χ4n) is 1.58. The van der Waals surface area contributed by atoms with Crippen molar-refractivity contribution in [1.82, 2.24) is 4.90 Å². The quantitative estimate of drug-likeness (QED) is 0.843. The lowest BCUT2D eigenvalue weighted by Crippen LogP contribution is -2.37. The molecule has 106 valence electrons. The topological polar surface area (TPSA) is 80.5 Å². The molecule has 0 aromatic heterocycles. The summed E-state index contributed by atoms with van der Waals surface area (Å²) in [5.74, 6) is -0.955. The van der Waals surface area contributed by atoms with E-state index in [1.165, 1.54) is 11.0 Å². The maximum Gasteiger partial charge on any atom is 0.238 e.